The van der Waals surface area contributed by atoms with Gasteiger partial charge in [-0.15, -0.1) is 0 Å². The smallest absolute Gasteiger partial charge is 0.177 e. The number of nitrogens with two attached hydrogens (primary N) is 1. The summed E-state index contributed by atoms with van der Waals surface area (Å²) < 4.78 is 22.4. The van der Waals surface area contributed by atoms with Crippen LogP contribution in [0.25, 0.3) is 10.6 Å². The molecule has 84 valence electrons. The Labute approximate surface area is 96.1 Å². The molecule has 0 amide bonds. The van der Waals surface area contributed by atoms with E-state index in [2.05, 4.69) is 9.36 Å². The van der Waals surface area contributed by atoms with Crippen molar-refractivity contribution in [3.63, 3.8) is 0 Å². The van der Waals surface area contributed by atoms with Gasteiger partial charge in [-0.2, -0.15) is 4.37 Å². The Morgan fingerprint density at radius 3 is 2.69 bits per heavy atom. The van der Waals surface area contributed by atoms with Gasteiger partial charge in [0, 0.05) is 5.56 Å². The second-order valence-corrected chi connectivity index (χ2v) is 3.98. The summed E-state index contributed by atoms with van der Waals surface area (Å²) in [7, 11) is 1.38. The zero-order chi connectivity index (χ0) is 11.7. The number of aryl methyl sites for hydroxylation is 1. The van der Waals surface area contributed by atoms with Crippen molar-refractivity contribution in [3.05, 3.63) is 23.8 Å². The molecule has 0 aliphatic rings. The van der Waals surface area contributed by atoms with Crippen molar-refractivity contribution in [1.82, 2.24) is 9.36 Å². The molecule has 6 heteroatoms. The average Bonchev–Trinajstić information content (AvgIpc) is 2.64. The van der Waals surface area contributed by atoms with E-state index in [-0.39, 0.29) is 11.4 Å². The van der Waals surface area contributed by atoms with Gasteiger partial charge in [0.15, 0.2) is 11.6 Å². The molecule has 2 rings (SSSR count). The molecule has 1 heterocycles. The fourth-order valence-corrected chi connectivity index (χ4v) is 2.02. The Morgan fingerprint density at radius 2 is 2.19 bits per heavy atom. The van der Waals surface area contributed by atoms with Crippen LogP contribution in [-0.2, 0) is 0 Å². The Kier molecular flexibility index (Phi) is 2.74. The van der Waals surface area contributed by atoms with Crippen molar-refractivity contribution in [2.45, 2.75) is 6.92 Å². The SMILES string of the molecule is COc1c(N)cc(-c2nc(C)ns2)cc1F. The molecule has 16 heavy (non-hydrogen) atoms. The Bertz CT molecular complexity index is 504. The topological polar surface area (TPSA) is 61.0 Å². The van der Waals surface area contributed by atoms with Crippen LogP contribution in [0.1, 0.15) is 5.82 Å². The highest BCUT2D eigenvalue weighted by atomic mass is 32.1. The lowest BCUT2D eigenvalue weighted by Crippen LogP contribution is -1.96. The number of anilines is 1. The van der Waals surface area contributed by atoms with E-state index in [1.54, 1.807) is 13.0 Å². The summed E-state index contributed by atoms with van der Waals surface area (Å²) in [6, 6.07) is 2.97. The van der Waals surface area contributed by atoms with E-state index >= 15 is 0 Å². The molecule has 0 saturated heterocycles. The summed E-state index contributed by atoms with van der Waals surface area (Å²) >= 11 is 1.21. The van der Waals surface area contributed by atoms with Crippen LogP contribution < -0.4 is 10.5 Å². The highest BCUT2D eigenvalue weighted by molar-refractivity contribution is 7.09. The van der Waals surface area contributed by atoms with Gasteiger partial charge in [0.05, 0.1) is 12.8 Å². The molecule has 0 spiro atoms. The molecule has 4 nitrogen and oxygen atoms in total. The Balaban J connectivity index is 2.52. The maximum atomic E-state index is 13.6. The van der Waals surface area contributed by atoms with Crippen molar-refractivity contribution in [2.75, 3.05) is 12.8 Å². The maximum absolute atomic E-state index is 13.6. The largest absolute Gasteiger partial charge is 0.492 e. The summed E-state index contributed by atoms with van der Waals surface area (Å²) in [4.78, 5) is 4.16. The number of halogens is 1. The lowest BCUT2D eigenvalue weighted by molar-refractivity contribution is 0.389. The highest BCUT2D eigenvalue weighted by Crippen LogP contribution is 2.32. The lowest BCUT2D eigenvalue weighted by atomic mass is 10.2. The predicted molar refractivity (Wildman–Crippen MR) is 61.0 cm³/mol. The number of nitrogens with zero attached hydrogens (tertiary/aromatic N) is 2. The van der Waals surface area contributed by atoms with Crippen molar-refractivity contribution in [3.8, 4) is 16.3 Å². The van der Waals surface area contributed by atoms with Crippen LogP contribution in [0.4, 0.5) is 10.1 Å². The zero-order valence-electron chi connectivity index (χ0n) is 8.82. The molecule has 0 fully saturated rings. The first-order chi connectivity index (χ1) is 7.61. The molecule has 0 aliphatic carbocycles. The Hall–Kier alpha value is -1.69. The minimum atomic E-state index is -0.495. The maximum Gasteiger partial charge on any atom is 0.177 e. The first-order valence-electron chi connectivity index (χ1n) is 4.55. The molecule has 0 aliphatic heterocycles. The molecule has 0 saturated carbocycles. The second kappa shape index (κ2) is 4.05. The number of benzene rings is 1. The standard InChI is InChI=1S/C10H10FN3OS/c1-5-13-10(16-14-5)6-3-7(11)9(15-2)8(12)4-6/h3-4H,12H2,1-2H3. The van der Waals surface area contributed by atoms with Gasteiger partial charge >= 0.3 is 0 Å². The minimum absolute atomic E-state index is 0.0602. The first kappa shape index (κ1) is 10.8. The third-order valence-electron chi connectivity index (χ3n) is 2.05. The summed E-state index contributed by atoms with van der Waals surface area (Å²) in [6.45, 7) is 1.78. The van der Waals surface area contributed by atoms with Crippen LogP contribution in [-0.4, -0.2) is 16.5 Å². The van der Waals surface area contributed by atoms with Crippen molar-refractivity contribution in [1.29, 1.82) is 0 Å². The zero-order valence-corrected chi connectivity index (χ0v) is 9.64. The summed E-state index contributed by atoms with van der Waals surface area (Å²) in [5, 5.41) is 0.644. The van der Waals surface area contributed by atoms with E-state index in [9.17, 15) is 4.39 Å². The van der Waals surface area contributed by atoms with Crippen molar-refractivity contribution < 1.29 is 9.13 Å². The molecule has 1 aromatic heterocycles. The normalized spacial score (nSPS) is 10.4. The number of hydrogen-bond acceptors (Lipinski definition) is 5. The molecule has 0 bridgehead atoms. The van der Waals surface area contributed by atoms with Gasteiger partial charge in [-0.25, -0.2) is 9.37 Å². The molecule has 1 aromatic carbocycles. The average molecular weight is 239 g/mol. The quantitative estimate of drug-likeness (QED) is 0.816. The van der Waals surface area contributed by atoms with Crippen LogP contribution >= 0.6 is 11.5 Å². The Morgan fingerprint density at radius 1 is 1.44 bits per heavy atom. The molecule has 2 N–H and O–H groups in total. The fourth-order valence-electron chi connectivity index (χ4n) is 1.37. The van der Waals surface area contributed by atoms with Gasteiger partial charge in [-0.1, -0.05) is 0 Å². The van der Waals surface area contributed by atoms with Crippen LogP contribution in [0.15, 0.2) is 12.1 Å². The molecule has 0 atom stereocenters. The number of rotatable bonds is 2. The van der Waals surface area contributed by atoms with E-state index in [1.165, 1.54) is 24.7 Å². The summed E-state index contributed by atoms with van der Waals surface area (Å²) in [5.74, 6) is 0.227. The van der Waals surface area contributed by atoms with E-state index < -0.39 is 5.82 Å². The molecule has 2 aromatic rings. The van der Waals surface area contributed by atoms with Gasteiger partial charge in [0.1, 0.15) is 10.8 Å². The number of ether oxygens (including phenoxy) is 1. The van der Waals surface area contributed by atoms with E-state index in [1.807, 2.05) is 0 Å². The third kappa shape index (κ3) is 1.83. The van der Waals surface area contributed by atoms with Crippen LogP contribution in [0.5, 0.6) is 5.75 Å². The number of methoxy groups -OCH3 is 1. The van der Waals surface area contributed by atoms with Crippen LogP contribution in [0.3, 0.4) is 0 Å². The van der Waals surface area contributed by atoms with Gasteiger partial charge in [0.25, 0.3) is 0 Å². The monoisotopic (exact) mass is 239 g/mol. The first-order valence-corrected chi connectivity index (χ1v) is 5.33. The van der Waals surface area contributed by atoms with E-state index in [0.717, 1.165) is 0 Å². The van der Waals surface area contributed by atoms with Gasteiger partial charge < -0.3 is 10.5 Å². The summed E-state index contributed by atoms with van der Waals surface area (Å²) in [5.41, 5.74) is 6.54. The molecule has 0 radical (unpaired) electrons. The van der Waals surface area contributed by atoms with E-state index in [0.29, 0.717) is 16.4 Å². The van der Waals surface area contributed by atoms with E-state index in [4.69, 9.17) is 10.5 Å². The molecular formula is C10H10FN3OS. The molecule has 0 unspecified atom stereocenters. The fraction of sp³-hybridized carbons (Fsp3) is 0.200. The highest BCUT2D eigenvalue weighted by Gasteiger charge is 2.12. The number of nitrogen functional groups attached to an aromatic ring is 1. The van der Waals surface area contributed by atoms with Crippen molar-refractivity contribution in [2.24, 2.45) is 0 Å². The van der Waals surface area contributed by atoms with Gasteiger partial charge in [0.2, 0.25) is 0 Å². The van der Waals surface area contributed by atoms with Gasteiger partial charge in [-0.05, 0) is 30.6 Å². The van der Waals surface area contributed by atoms with Crippen LogP contribution in [0.2, 0.25) is 0 Å². The van der Waals surface area contributed by atoms with Gasteiger partial charge in [-0.3, -0.25) is 0 Å². The van der Waals surface area contributed by atoms with Crippen molar-refractivity contribution >= 4 is 17.2 Å². The number of aromatic nitrogens is 2. The minimum Gasteiger partial charge on any atom is -0.492 e. The second-order valence-electron chi connectivity index (χ2n) is 3.23. The third-order valence-corrected chi connectivity index (χ3v) is 2.91. The number of hydrogen-bond donors (Lipinski definition) is 1. The summed E-state index contributed by atoms with van der Waals surface area (Å²) in [6.07, 6.45) is 0. The van der Waals surface area contributed by atoms with Crippen LogP contribution in [0, 0.1) is 12.7 Å². The predicted octanol–water partition coefficient (Wildman–Crippen LogP) is 2.24. The molecular weight excluding hydrogens is 229 g/mol. The lowest BCUT2D eigenvalue weighted by Gasteiger charge is -2.06.